The van der Waals surface area contributed by atoms with Crippen LogP contribution >= 0.6 is 0 Å². The van der Waals surface area contributed by atoms with Crippen molar-refractivity contribution in [1.29, 1.82) is 0 Å². The number of nitrogens with zero attached hydrogens (tertiary/aromatic N) is 1. The molecule has 0 heterocycles. The van der Waals surface area contributed by atoms with Crippen molar-refractivity contribution in [3.8, 4) is 0 Å². The van der Waals surface area contributed by atoms with E-state index in [4.69, 9.17) is 0 Å². The Morgan fingerprint density at radius 3 is 2.50 bits per heavy atom. The van der Waals surface area contributed by atoms with Gasteiger partial charge in [-0.05, 0) is 19.1 Å². The van der Waals surface area contributed by atoms with E-state index >= 15 is 0 Å². The average Bonchev–Trinajstić information content (AvgIpc) is 2.15. The predicted molar refractivity (Wildman–Crippen MR) is 54.1 cm³/mol. The van der Waals surface area contributed by atoms with Gasteiger partial charge >= 0.3 is 0 Å². The topological polar surface area (TPSA) is 43.4 Å². The molecule has 1 rings (SSSR count). The molecule has 0 aliphatic heterocycles. The molecule has 0 fully saturated rings. The maximum atomic E-state index is 10.7. The molecule has 14 heavy (non-hydrogen) atoms. The standard InChI is InChI=1S/C11H13NO2/c1-3-8-12(11(13)14)10-6-4-9(2)5-7-10/h3-7H,1,8H2,2H3,(H,13,14)/p-1. The number of hydrogen-bond acceptors (Lipinski definition) is 2. The van der Waals surface area contributed by atoms with Gasteiger partial charge in [0.05, 0.1) is 0 Å². The Morgan fingerprint density at radius 1 is 1.50 bits per heavy atom. The molecule has 1 aromatic carbocycles. The molecule has 0 aliphatic rings. The van der Waals surface area contributed by atoms with E-state index in [2.05, 4.69) is 6.58 Å². The monoisotopic (exact) mass is 190 g/mol. The summed E-state index contributed by atoms with van der Waals surface area (Å²) in [7, 11) is 0. The van der Waals surface area contributed by atoms with Gasteiger partial charge in [0.2, 0.25) is 0 Å². The highest BCUT2D eigenvalue weighted by Gasteiger charge is 2.04. The minimum atomic E-state index is -1.21. The van der Waals surface area contributed by atoms with E-state index in [0.29, 0.717) is 5.69 Å². The lowest BCUT2D eigenvalue weighted by Gasteiger charge is -2.23. The fourth-order valence-electron chi connectivity index (χ4n) is 1.14. The number of rotatable bonds is 3. The molecule has 0 aliphatic carbocycles. The molecule has 0 saturated heterocycles. The Hall–Kier alpha value is -1.77. The normalized spacial score (nSPS) is 9.50. The van der Waals surface area contributed by atoms with Gasteiger partial charge in [0.1, 0.15) is 6.09 Å². The van der Waals surface area contributed by atoms with Gasteiger partial charge in [-0.1, -0.05) is 23.8 Å². The summed E-state index contributed by atoms with van der Waals surface area (Å²) in [6.45, 7) is 5.68. The van der Waals surface area contributed by atoms with Gasteiger partial charge in [0.25, 0.3) is 0 Å². The van der Waals surface area contributed by atoms with E-state index in [1.165, 1.54) is 6.08 Å². The summed E-state index contributed by atoms with van der Waals surface area (Å²) in [4.78, 5) is 11.9. The first-order valence-electron chi connectivity index (χ1n) is 4.31. The summed E-state index contributed by atoms with van der Waals surface area (Å²) in [6.07, 6.45) is 0.309. The number of carbonyl (C=O) groups is 1. The molecular weight excluding hydrogens is 178 g/mol. The molecule has 1 amide bonds. The van der Waals surface area contributed by atoms with Crippen LogP contribution in [-0.4, -0.2) is 12.6 Å². The number of amides is 1. The molecule has 0 atom stereocenters. The highest BCUT2D eigenvalue weighted by molar-refractivity contribution is 5.84. The first-order chi connectivity index (χ1) is 6.65. The molecule has 0 bridgehead atoms. The van der Waals surface area contributed by atoms with Gasteiger partial charge in [-0.25, -0.2) is 0 Å². The highest BCUT2D eigenvalue weighted by atomic mass is 16.4. The second-order valence-corrected chi connectivity index (χ2v) is 3.00. The SMILES string of the molecule is C=CCN(C(=O)[O-])c1ccc(C)cc1. The van der Waals surface area contributed by atoms with Crippen molar-refractivity contribution in [2.45, 2.75) is 6.92 Å². The number of carboxylic acid groups (broad SMARTS) is 1. The summed E-state index contributed by atoms with van der Waals surface area (Å²) in [6, 6.07) is 7.20. The minimum absolute atomic E-state index is 0.241. The van der Waals surface area contributed by atoms with Crippen molar-refractivity contribution in [2.24, 2.45) is 0 Å². The van der Waals surface area contributed by atoms with Crippen molar-refractivity contribution in [1.82, 2.24) is 0 Å². The summed E-state index contributed by atoms with van der Waals surface area (Å²) in [5.74, 6) is 0. The molecule has 0 saturated carbocycles. The number of benzene rings is 1. The second kappa shape index (κ2) is 4.46. The van der Waals surface area contributed by atoms with Crippen LogP contribution in [0, 0.1) is 6.92 Å². The number of aryl methyl sites for hydroxylation is 1. The van der Waals surface area contributed by atoms with Crippen LogP contribution in [0.5, 0.6) is 0 Å². The van der Waals surface area contributed by atoms with Crippen LogP contribution in [0.1, 0.15) is 5.56 Å². The number of hydrogen-bond donors (Lipinski definition) is 0. The van der Waals surface area contributed by atoms with Gasteiger partial charge < -0.3 is 14.8 Å². The molecular formula is C11H12NO2-. The quantitative estimate of drug-likeness (QED) is 0.675. The third-order valence-corrected chi connectivity index (χ3v) is 1.88. The lowest BCUT2D eigenvalue weighted by molar-refractivity contribution is -0.246. The van der Waals surface area contributed by atoms with Gasteiger partial charge in [0.15, 0.2) is 0 Å². The molecule has 0 aromatic heterocycles. The lowest BCUT2D eigenvalue weighted by atomic mass is 10.2. The Labute approximate surface area is 83.3 Å². The van der Waals surface area contributed by atoms with Gasteiger partial charge in [-0.3, -0.25) is 0 Å². The minimum Gasteiger partial charge on any atom is -0.530 e. The van der Waals surface area contributed by atoms with Crippen molar-refractivity contribution >= 4 is 11.8 Å². The average molecular weight is 190 g/mol. The summed E-state index contributed by atoms with van der Waals surface area (Å²) >= 11 is 0. The Bertz CT molecular complexity index is 330. The first-order valence-corrected chi connectivity index (χ1v) is 4.31. The number of carbonyl (C=O) groups excluding carboxylic acids is 1. The maximum Gasteiger partial charge on any atom is 0.141 e. The molecule has 0 unspecified atom stereocenters. The molecule has 74 valence electrons. The fraction of sp³-hybridized carbons (Fsp3) is 0.182. The number of anilines is 1. The van der Waals surface area contributed by atoms with E-state index in [0.717, 1.165) is 10.5 Å². The molecule has 0 radical (unpaired) electrons. The largest absolute Gasteiger partial charge is 0.530 e. The molecule has 0 spiro atoms. The fourth-order valence-corrected chi connectivity index (χ4v) is 1.14. The predicted octanol–water partition coefficient (Wildman–Crippen LogP) is 1.33. The molecule has 3 heteroatoms. The maximum absolute atomic E-state index is 10.7. The van der Waals surface area contributed by atoms with Crippen LogP contribution < -0.4 is 10.0 Å². The first kappa shape index (κ1) is 10.3. The van der Waals surface area contributed by atoms with E-state index in [1.54, 1.807) is 12.1 Å². The van der Waals surface area contributed by atoms with Gasteiger partial charge in [-0.15, -0.1) is 6.58 Å². The van der Waals surface area contributed by atoms with Crippen molar-refractivity contribution in [3.05, 3.63) is 42.5 Å². The van der Waals surface area contributed by atoms with Crippen molar-refractivity contribution < 1.29 is 9.90 Å². The van der Waals surface area contributed by atoms with E-state index < -0.39 is 6.09 Å². The van der Waals surface area contributed by atoms with E-state index in [-0.39, 0.29) is 6.54 Å². The van der Waals surface area contributed by atoms with Crippen LogP contribution in [0.3, 0.4) is 0 Å². The van der Waals surface area contributed by atoms with E-state index in [9.17, 15) is 9.90 Å². The molecule has 3 nitrogen and oxygen atoms in total. The van der Waals surface area contributed by atoms with Crippen molar-refractivity contribution in [2.75, 3.05) is 11.4 Å². The lowest BCUT2D eigenvalue weighted by Crippen LogP contribution is -2.41. The van der Waals surface area contributed by atoms with Crippen LogP contribution in [0.25, 0.3) is 0 Å². The molecule has 0 N–H and O–H groups in total. The second-order valence-electron chi connectivity index (χ2n) is 3.00. The van der Waals surface area contributed by atoms with Crippen LogP contribution in [0.4, 0.5) is 10.5 Å². The Balaban J connectivity index is 2.93. The third-order valence-electron chi connectivity index (χ3n) is 1.88. The van der Waals surface area contributed by atoms with Gasteiger partial charge in [-0.2, -0.15) is 0 Å². The van der Waals surface area contributed by atoms with E-state index in [1.807, 2.05) is 19.1 Å². The third kappa shape index (κ3) is 2.36. The van der Waals surface area contributed by atoms with Crippen LogP contribution in [0.2, 0.25) is 0 Å². The van der Waals surface area contributed by atoms with Crippen molar-refractivity contribution in [3.63, 3.8) is 0 Å². The zero-order valence-electron chi connectivity index (χ0n) is 8.06. The zero-order valence-corrected chi connectivity index (χ0v) is 8.06. The summed E-state index contributed by atoms with van der Waals surface area (Å²) in [5, 5.41) is 10.7. The Kier molecular flexibility index (Phi) is 3.29. The summed E-state index contributed by atoms with van der Waals surface area (Å²) in [5.41, 5.74) is 1.70. The van der Waals surface area contributed by atoms with Crippen LogP contribution in [0.15, 0.2) is 36.9 Å². The van der Waals surface area contributed by atoms with Gasteiger partial charge in [0, 0.05) is 12.2 Å². The Morgan fingerprint density at radius 2 is 2.07 bits per heavy atom. The highest BCUT2D eigenvalue weighted by Crippen LogP contribution is 2.14. The molecule has 1 aromatic rings. The van der Waals surface area contributed by atoms with Crippen LogP contribution in [-0.2, 0) is 0 Å². The zero-order chi connectivity index (χ0) is 10.6. The summed E-state index contributed by atoms with van der Waals surface area (Å²) < 4.78 is 0. The smallest absolute Gasteiger partial charge is 0.141 e.